The molecule has 3 amide bonds. The van der Waals surface area contributed by atoms with E-state index >= 15 is 0 Å². The third-order valence-corrected chi connectivity index (χ3v) is 3.53. The molecule has 1 aromatic heterocycles. The van der Waals surface area contributed by atoms with E-state index in [-0.39, 0.29) is 23.7 Å². The van der Waals surface area contributed by atoms with Crippen molar-refractivity contribution in [3.05, 3.63) is 66.5 Å². The molecule has 0 radical (unpaired) electrons. The molecule has 0 bridgehead atoms. The normalized spacial score (nSPS) is 10.5. The Bertz CT molecular complexity index is 919. The van der Waals surface area contributed by atoms with E-state index in [0.29, 0.717) is 11.4 Å². The molecule has 2 aromatic carbocycles. The van der Waals surface area contributed by atoms with E-state index in [1.807, 2.05) is 44.2 Å². The summed E-state index contributed by atoms with van der Waals surface area (Å²) in [5.74, 6) is -0.365. The Morgan fingerprint density at radius 3 is 2.19 bits per heavy atom. The summed E-state index contributed by atoms with van der Waals surface area (Å²) in [6.07, 6.45) is 1.41. The summed E-state index contributed by atoms with van der Waals surface area (Å²) in [5, 5.41) is 16.5. The van der Waals surface area contributed by atoms with E-state index in [0.717, 1.165) is 5.69 Å². The number of nitrogens with one attached hydrogen (secondary N) is 3. The first-order valence-electron chi connectivity index (χ1n) is 8.48. The van der Waals surface area contributed by atoms with Crippen molar-refractivity contribution in [1.29, 1.82) is 0 Å². The minimum absolute atomic E-state index is 0.0489. The van der Waals surface area contributed by atoms with Crippen LogP contribution >= 0.6 is 0 Å². The van der Waals surface area contributed by atoms with Crippen LogP contribution in [0.15, 0.2) is 60.8 Å². The summed E-state index contributed by atoms with van der Waals surface area (Å²) in [6, 6.07) is 15.9. The van der Waals surface area contributed by atoms with Crippen LogP contribution in [-0.4, -0.2) is 33.0 Å². The predicted molar refractivity (Wildman–Crippen MR) is 103 cm³/mol. The molecule has 0 saturated heterocycles. The van der Waals surface area contributed by atoms with Gasteiger partial charge in [-0.1, -0.05) is 18.2 Å². The molecule has 3 rings (SSSR count). The van der Waals surface area contributed by atoms with Crippen LogP contribution in [0, 0.1) is 0 Å². The maximum Gasteiger partial charge on any atom is 0.319 e. The van der Waals surface area contributed by atoms with Gasteiger partial charge in [-0.25, -0.2) is 4.79 Å². The topological polar surface area (TPSA) is 101 Å². The van der Waals surface area contributed by atoms with E-state index in [2.05, 4.69) is 26.1 Å². The molecule has 0 aliphatic rings. The highest BCUT2D eigenvalue weighted by Crippen LogP contribution is 2.14. The SMILES string of the molecule is CC(C)NC(=O)Nc1ccc(NC(=O)c2cnn(-c3ccccc3)n2)cc1. The van der Waals surface area contributed by atoms with Gasteiger partial charge < -0.3 is 16.0 Å². The molecule has 3 N–H and O–H groups in total. The Morgan fingerprint density at radius 1 is 0.926 bits per heavy atom. The lowest BCUT2D eigenvalue weighted by Gasteiger charge is -2.10. The number of aromatic nitrogens is 3. The van der Waals surface area contributed by atoms with Gasteiger partial charge in [-0.2, -0.15) is 9.90 Å². The van der Waals surface area contributed by atoms with Crippen molar-refractivity contribution >= 4 is 23.3 Å². The summed E-state index contributed by atoms with van der Waals surface area (Å²) < 4.78 is 0. The highest BCUT2D eigenvalue weighted by atomic mass is 16.2. The zero-order valence-corrected chi connectivity index (χ0v) is 15.0. The Morgan fingerprint density at radius 2 is 1.56 bits per heavy atom. The van der Waals surface area contributed by atoms with Gasteiger partial charge in [0.05, 0.1) is 11.9 Å². The second-order valence-electron chi connectivity index (χ2n) is 6.14. The fourth-order valence-electron chi connectivity index (χ4n) is 2.31. The average molecular weight is 364 g/mol. The molecule has 3 aromatic rings. The molecule has 0 fully saturated rings. The van der Waals surface area contributed by atoms with Crippen molar-refractivity contribution in [3.63, 3.8) is 0 Å². The molecule has 1 heterocycles. The fraction of sp³-hybridized carbons (Fsp3) is 0.158. The van der Waals surface area contributed by atoms with Crippen LogP contribution in [0.5, 0.6) is 0 Å². The van der Waals surface area contributed by atoms with Gasteiger partial charge in [0.25, 0.3) is 5.91 Å². The molecule has 8 nitrogen and oxygen atoms in total. The number of rotatable bonds is 5. The largest absolute Gasteiger partial charge is 0.336 e. The maximum absolute atomic E-state index is 12.3. The number of hydrogen-bond donors (Lipinski definition) is 3. The molecule has 0 aliphatic carbocycles. The van der Waals surface area contributed by atoms with Crippen LogP contribution < -0.4 is 16.0 Å². The second-order valence-corrected chi connectivity index (χ2v) is 6.14. The van der Waals surface area contributed by atoms with Gasteiger partial charge in [0.2, 0.25) is 0 Å². The molecule has 8 heteroatoms. The molecule has 138 valence electrons. The number of hydrogen-bond acceptors (Lipinski definition) is 4. The number of urea groups is 1. The van der Waals surface area contributed by atoms with Crippen LogP contribution in [0.3, 0.4) is 0 Å². The monoisotopic (exact) mass is 364 g/mol. The average Bonchev–Trinajstić information content (AvgIpc) is 3.14. The number of carbonyl (C=O) groups excluding carboxylic acids is 2. The summed E-state index contributed by atoms with van der Waals surface area (Å²) >= 11 is 0. The Kier molecular flexibility index (Phi) is 5.46. The van der Waals surface area contributed by atoms with Gasteiger partial charge in [-0.05, 0) is 50.2 Å². The Balaban J connectivity index is 1.61. The zero-order chi connectivity index (χ0) is 19.2. The van der Waals surface area contributed by atoms with Gasteiger partial charge in [-0.3, -0.25) is 4.79 Å². The minimum atomic E-state index is -0.365. The van der Waals surface area contributed by atoms with Crippen LogP contribution in [0.2, 0.25) is 0 Å². The molecular weight excluding hydrogens is 344 g/mol. The maximum atomic E-state index is 12.3. The van der Waals surface area contributed by atoms with E-state index < -0.39 is 0 Å². The molecule has 27 heavy (non-hydrogen) atoms. The van der Waals surface area contributed by atoms with Crippen molar-refractivity contribution in [2.75, 3.05) is 10.6 Å². The van der Waals surface area contributed by atoms with E-state index in [4.69, 9.17) is 0 Å². The van der Waals surface area contributed by atoms with Crippen molar-refractivity contribution in [3.8, 4) is 5.69 Å². The lowest BCUT2D eigenvalue weighted by atomic mass is 10.2. The lowest BCUT2D eigenvalue weighted by molar-refractivity contribution is 0.102. The number of amides is 3. The minimum Gasteiger partial charge on any atom is -0.336 e. The molecule has 0 unspecified atom stereocenters. The summed E-state index contributed by atoms with van der Waals surface area (Å²) in [6.45, 7) is 3.76. The van der Waals surface area contributed by atoms with Crippen LogP contribution in [-0.2, 0) is 0 Å². The van der Waals surface area contributed by atoms with Crippen LogP contribution in [0.1, 0.15) is 24.3 Å². The van der Waals surface area contributed by atoms with Gasteiger partial charge in [0.1, 0.15) is 0 Å². The van der Waals surface area contributed by atoms with Crippen molar-refractivity contribution in [2.45, 2.75) is 19.9 Å². The number of para-hydroxylation sites is 1. The second kappa shape index (κ2) is 8.13. The van der Waals surface area contributed by atoms with Crippen LogP contribution in [0.4, 0.5) is 16.2 Å². The fourth-order valence-corrected chi connectivity index (χ4v) is 2.31. The predicted octanol–water partition coefficient (Wildman–Crippen LogP) is 3.05. The molecule has 0 spiro atoms. The Labute approximate surface area is 156 Å². The zero-order valence-electron chi connectivity index (χ0n) is 15.0. The van der Waals surface area contributed by atoms with E-state index in [1.165, 1.54) is 11.0 Å². The first-order valence-corrected chi connectivity index (χ1v) is 8.48. The third kappa shape index (κ3) is 4.91. The Hall–Kier alpha value is -3.68. The van der Waals surface area contributed by atoms with Crippen molar-refractivity contribution in [1.82, 2.24) is 20.3 Å². The van der Waals surface area contributed by atoms with Crippen LogP contribution in [0.25, 0.3) is 5.69 Å². The number of anilines is 2. The van der Waals surface area contributed by atoms with Crippen molar-refractivity contribution < 1.29 is 9.59 Å². The number of nitrogens with zero attached hydrogens (tertiary/aromatic N) is 3. The first-order chi connectivity index (χ1) is 13.0. The molecular formula is C19H20N6O2. The molecule has 0 saturated carbocycles. The van der Waals surface area contributed by atoms with Gasteiger partial charge in [0, 0.05) is 17.4 Å². The quantitative estimate of drug-likeness (QED) is 0.648. The van der Waals surface area contributed by atoms with Gasteiger partial charge in [-0.15, -0.1) is 5.10 Å². The summed E-state index contributed by atoms with van der Waals surface area (Å²) in [7, 11) is 0. The van der Waals surface area contributed by atoms with Gasteiger partial charge in [0.15, 0.2) is 5.69 Å². The smallest absolute Gasteiger partial charge is 0.319 e. The van der Waals surface area contributed by atoms with E-state index in [1.54, 1.807) is 24.3 Å². The number of benzene rings is 2. The molecule has 0 atom stereocenters. The molecule has 0 aliphatic heterocycles. The summed E-state index contributed by atoms with van der Waals surface area (Å²) in [4.78, 5) is 25.4. The highest BCUT2D eigenvalue weighted by Gasteiger charge is 2.12. The van der Waals surface area contributed by atoms with Gasteiger partial charge >= 0.3 is 6.03 Å². The third-order valence-electron chi connectivity index (χ3n) is 3.53. The number of carbonyl (C=O) groups is 2. The lowest BCUT2D eigenvalue weighted by Crippen LogP contribution is -2.34. The van der Waals surface area contributed by atoms with Crippen molar-refractivity contribution in [2.24, 2.45) is 0 Å². The first kappa shape index (κ1) is 18.1. The standard InChI is InChI=1S/C19H20N6O2/c1-13(2)21-19(27)23-15-10-8-14(9-11-15)22-18(26)17-12-20-25(24-17)16-6-4-3-5-7-16/h3-13H,1-2H3,(H,22,26)(H2,21,23,27). The summed E-state index contributed by atoms with van der Waals surface area (Å²) in [5.41, 5.74) is 2.19. The highest BCUT2D eigenvalue weighted by molar-refractivity contribution is 6.02. The van der Waals surface area contributed by atoms with E-state index in [9.17, 15) is 9.59 Å².